The molecule has 0 bridgehead atoms. The van der Waals surface area contributed by atoms with E-state index in [2.05, 4.69) is 4.98 Å². The zero-order valence-electron chi connectivity index (χ0n) is 13.2. The molecule has 0 aromatic carbocycles. The number of hydrogen-bond donors (Lipinski definition) is 3. The van der Waals surface area contributed by atoms with Gasteiger partial charge in [-0.15, -0.1) is 0 Å². The molecule has 1 aliphatic rings. The highest BCUT2D eigenvalue weighted by molar-refractivity contribution is 4.93. The number of rotatable bonds is 9. The number of aromatic amines is 1. The number of nitrogens with zero attached hydrogens (tertiary/aromatic N) is 2. The van der Waals surface area contributed by atoms with Crippen molar-refractivity contribution in [1.82, 2.24) is 9.55 Å². The third kappa shape index (κ3) is 4.95. The first-order valence-electron chi connectivity index (χ1n) is 7.48. The van der Waals surface area contributed by atoms with Crippen LogP contribution in [0, 0.1) is 11.3 Å². The monoisotopic (exact) mass is 357 g/mol. The molecule has 1 fully saturated rings. The van der Waals surface area contributed by atoms with Gasteiger partial charge >= 0.3 is 5.69 Å². The van der Waals surface area contributed by atoms with Crippen molar-refractivity contribution >= 4 is 0 Å². The predicted octanol–water partition coefficient (Wildman–Crippen LogP) is -1.97. The first kappa shape index (κ1) is 19.3. The van der Waals surface area contributed by atoms with E-state index in [4.69, 9.17) is 24.2 Å². The van der Waals surface area contributed by atoms with E-state index >= 15 is 0 Å². The molecule has 0 saturated carbocycles. The molecule has 0 amide bonds. The van der Waals surface area contributed by atoms with Crippen molar-refractivity contribution in [2.45, 2.75) is 31.0 Å². The number of aliphatic hydroxyl groups excluding tert-OH is 2. The van der Waals surface area contributed by atoms with E-state index < -0.39 is 42.4 Å². The smallest absolute Gasteiger partial charge is 0.330 e. The zero-order valence-corrected chi connectivity index (χ0v) is 13.2. The molecule has 25 heavy (non-hydrogen) atoms. The molecule has 1 saturated heterocycles. The molecule has 0 radical (unpaired) electrons. The highest BCUT2D eigenvalue weighted by atomic mass is 16.7. The Balaban J connectivity index is 1.98. The number of H-pyrrole nitrogens is 1. The molecule has 11 heteroatoms. The number of hydrogen-bond acceptors (Lipinski definition) is 9. The minimum absolute atomic E-state index is 0.113. The topological polar surface area (TPSA) is 156 Å². The van der Waals surface area contributed by atoms with E-state index in [0.717, 1.165) is 10.6 Å². The molecule has 4 atom stereocenters. The molecule has 3 unspecified atom stereocenters. The van der Waals surface area contributed by atoms with Crippen molar-refractivity contribution in [3.8, 4) is 6.07 Å². The van der Waals surface area contributed by atoms with Crippen LogP contribution in [0.3, 0.4) is 0 Å². The van der Waals surface area contributed by atoms with Crippen LogP contribution in [0.1, 0.15) is 12.6 Å². The summed E-state index contributed by atoms with van der Waals surface area (Å²) in [5, 5.41) is 27.8. The second kappa shape index (κ2) is 9.42. The second-order valence-corrected chi connectivity index (χ2v) is 5.14. The Morgan fingerprint density at radius 1 is 1.36 bits per heavy atom. The minimum Gasteiger partial charge on any atom is -0.394 e. The van der Waals surface area contributed by atoms with Crippen molar-refractivity contribution < 1.29 is 29.2 Å². The molecule has 1 aromatic heterocycles. The summed E-state index contributed by atoms with van der Waals surface area (Å²) < 4.78 is 22.0. The summed E-state index contributed by atoms with van der Waals surface area (Å²) in [4.78, 5) is 25.1. The van der Waals surface area contributed by atoms with Crippen LogP contribution in [-0.2, 0) is 18.9 Å². The average molecular weight is 357 g/mol. The number of nitrogens with one attached hydrogen (secondary N) is 1. The van der Waals surface area contributed by atoms with Gasteiger partial charge in [0.2, 0.25) is 0 Å². The van der Waals surface area contributed by atoms with Gasteiger partial charge in [-0.1, -0.05) is 0 Å². The van der Waals surface area contributed by atoms with Crippen molar-refractivity contribution in [2.24, 2.45) is 0 Å². The third-order valence-corrected chi connectivity index (χ3v) is 3.49. The van der Waals surface area contributed by atoms with Gasteiger partial charge in [-0.05, 0) is 0 Å². The van der Waals surface area contributed by atoms with Crippen molar-refractivity contribution in [3.05, 3.63) is 33.1 Å². The van der Waals surface area contributed by atoms with Gasteiger partial charge in [-0.25, -0.2) is 4.79 Å². The number of nitriles is 1. The van der Waals surface area contributed by atoms with Gasteiger partial charge in [-0.3, -0.25) is 14.3 Å². The molecule has 0 aliphatic carbocycles. The summed E-state index contributed by atoms with van der Waals surface area (Å²) in [6.07, 6.45) is -2.80. The molecule has 0 spiro atoms. The summed E-state index contributed by atoms with van der Waals surface area (Å²) in [6, 6.07) is 3.04. The van der Waals surface area contributed by atoms with Gasteiger partial charge in [-0.2, -0.15) is 5.26 Å². The largest absolute Gasteiger partial charge is 0.394 e. The Kier molecular flexibility index (Phi) is 7.26. The lowest BCUT2D eigenvalue weighted by Gasteiger charge is -2.22. The Labute approximate surface area is 141 Å². The Bertz CT molecular complexity index is 696. The molecule has 1 aliphatic heterocycles. The Hall–Kier alpha value is -2.07. The highest BCUT2D eigenvalue weighted by Crippen LogP contribution is 2.30. The van der Waals surface area contributed by atoms with E-state index in [0.29, 0.717) is 0 Å². The standard InChI is InChI=1S/C14H19N3O8/c15-3-1-5-22-7-23-8-24-12-11(20)9(6-18)25-13(12)17-4-2-10(19)16-14(17)21/h2,4,9,11-13,18,20H,1,5-8H2,(H,16,19,21)/t9?,11?,12-,13?/m0/s1. The maximum Gasteiger partial charge on any atom is 0.330 e. The molecule has 3 N–H and O–H groups in total. The fourth-order valence-corrected chi connectivity index (χ4v) is 2.30. The number of aliphatic hydroxyl groups is 2. The number of aromatic nitrogens is 2. The highest BCUT2D eigenvalue weighted by Gasteiger charge is 2.45. The minimum atomic E-state index is -1.21. The molecular weight excluding hydrogens is 338 g/mol. The van der Waals surface area contributed by atoms with Gasteiger partial charge in [0.1, 0.15) is 31.9 Å². The number of ether oxygens (including phenoxy) is 4. The van der Waals surface area contributed by atoms with Crippen LogP contribution in [0.2, 0.25) is 0 Å². The van der Waals surface area contributed by atoms with E-state index in [-0.39, 0.29) is 26.6 Å². The SMILES string of the molecule is N#CCCOCOCO[C@H]1C(O)C(CO)OC1n1ccc(=O)[nH]c1=O. The lowest BCUT2D eigenvalue weighted by Crippen LogP contribution is -2.39. The molecule has 138 valence electrons. The first-order chi connectivity index (χ1) is 12.1. The Morgan fingerprint density at radius 2 is 2.16 bits per heavy atom. The first-order valence-corrected chi connectivity index (χ1v) is 7.48. The van der Waals surface area contributed by atoms with Crippen LogP contribution in [0.4, 0.5) is 0 Å². The summed E-state index contributed by atoms with van der Waals surface area (Å²) in [7, 11) is 0. The van der Waals surface area contributed by atoms with Crippen molar-refractivity contribution in [1.29, 1.82) is 5.26 Å². The van der Waals surface area contributed by atoms with Gasteiger partial charge in [0.15, 0.2) is 6.23 Å². The average Bonchev–Trinajstić information content (AvgIpc) is 2.90. The lowest BCUT2D eigenvalue weighted by atomic mass is 10.1. The maximum atomic E-state index is 11.9. The summed E-state index contributed by atoms with van der Waals surface area (Å²) in [5.74, 6) is 0. The Morgan fingerprint density at radius 3 is 2.84 bits per heavy atom. The fourth-order valence-electron chi connectivity index (χ4n) is 2.30. The van der Waals surface area contributed by atoms with Crippen LogP contribution in [0.5, 0.6) is 0 Å². The van der Waals surface area contributed by atoms with Crippen LogP contribution in [0.25, 0.3) is 0 Å². The zero-order chi connectivity index (χ0) is 18.2. The molecule has 11 nitrogen and oxygen atoms in total. The van der Waals surface area contributed by atoms with Gasteiger partial charge in [0.25, 0.3) is 5.56 Å². The van der Waals surface area contributed by atoms with Crippen LogP contribution in [-0.4, -0.2) is 64.9 Å². The predicted molar refractivity (Wildman–Crippen MR) is 80.2 cm³/mol. The van der Waals surface area contributed by atoms with Crippen LogP contribution >= 0.6 is 0 Å². The summed E-state index contributed by atoms with van der Waals surface area (Å²) >= 11 is 0. The van der Waals surface area contributed by atoms with Crippen LogP contribution < -0.4 is 11.2 Å². The molecule has 2 rings (SSSR count). The fraction of sp³-hybridized carbons (Fsp3) is 0.643. The van der Waals surface area contributed by atoms with E-state index in [1.807, 2.05) is 6.07 Å². The van der Waals surface area contributed by atoms with Gasteiger partial charge in [0.05, 0.1) is 25.7 Å². The third-order valence-electron chi connectivity index (χ3n) is 3.49. The maximum absolute atomic E-state index is 11.9. The summed E-state index contributed by atoms with van der Waals surface area (Å²) in [6.45, 7) is -0.649. The lowest BCUT2D eigenvalue weighted by molar-refractivity contribution is -0.175. The van der Waals surface area contributed by atoms with E-state index in [1.54, 1.807) is 0 Å². The summed E-state index contributed by atoms with van der Waals surface area (Å²) in [5.41, 5.74) is -1.31. The van der Waals surface area contributed by atoms with E-state index in [1.165, 1.54) is 6.20 Å². The normalized spacial score (nSPS) is 25.8. The molecule has 2 heterocycles. The van der Waals surface area contributed by atoms with Gasteiger partial charge in [0, 0.05) is 12.3 Å². The van der Waals surface area contributed by atoms with E-state index in [9.17, 15) is 19.8 Å². The van der Waals surface area contributed by atoms with Gasteiger partial charge < -0.3 is 29.2 Å². The second-order valence-electron chi connectivity index (χ2n) is 5.14. The van der Waals surface area contributed by atoms with Crippen LogP contribution in [0.15, 0.2) is 21.9 Å². The van der Waals surface area contributed by atoms with Crippen molar-refractivity contribution in [2.75, 3.05) is 26.8 Å². The molecule has 1 aromatic rings. The molecular formula is C14H19N3O8. The quantitative estimate of drug-likeness (QED) is 0.337. The van der Waals surface area contributed by atoms with Crippen molar-refractivity contribution in [3.63, 3.8) is 0 Å².